The summed E-state index contributed by atoms with van der Waals surface area (Å²) in [5.41, 5.74) is 8.70. The Hall–Kier alpha value is -3.18. The molecule has 0 fully saturated rings. The molecular formula is C21H22BrN5O4S. The van der Waals surface area contributed by atoms with Crippen molar-refractivity contribution in [3.63, 3.8) is 0 Å². The molecule has 1 aromatic heterocycles. The smallest absolute Gasteiger partial charge is 0.247 e. The van der Waals surface area contributed by atoms with Gasteiger partial charge in [0.25, 0.3) is 0 Å². The zero-order chi connectivity index (χ0) is 22.8. The van der Waals surface area contributed by atoms with Crippen molar-refractivity contribution in [3.8, 4) is 17.2 Å². The van der Waals surface area contributed by atoms with Gasteiger partial charge < -0.3 is 19.9 Å². The van der Waals surface area contributed by atoms with Crippen molar-refractivity contribution in [1.82, 2.24) is 15.6 Å². The first-order chi connectivity index (χ1) is 15.5. The molecule has 3 rings (SSSR count). The van der Waals surface area contributed by atoms with Gasteiger partial charge in [-0.05, 0) is 55.0 Å². The highest BCUT2D eigenvalue weighted by Gasteiger charge is 2.08. The van der Waals surface area contributed by atoms with Crippen molar-refractivity contribution >= 4 is 44.5 Å². The summed E-state index contributed by atoms with van der Waals surface area (Å²) < 4.78 is 18.1. The van der Waals surface area contributed by atoms with E-state index in [9.17, 15) is 4.79 Å². The highest BCUT2D eigenvalue weighted by atomic mass is 79.9. The molecule has 0 saturated heterocycles. The number of aromatic nitrogens is 2. The maximum Gasteiger partial charge on any atom is 0.247 e. The maximum absolute atomic E-state index is 11.9. The summed E-state index contributed by atoms with van der Waals surface area (Å²) in [4.78, 5) is 11.9. The molecule has 0 aliphatic heterocycles. The highest BCUT2D eigenvalue weighted by Crippen LogP contribution is 2.28. The molecule has 0 saturated carbocycles. The van der Waals surface area contributed by atoms with Crippen LogP contribution in [0.15, 0.2) is 52.0 Å². The molecule has 2 aromatic carbocycles. The summed E-state index contributed by atoms with van der Waals surface area (Å²) in [7, 11) is 0. The normalized spacial score (nSPS) is 10.8. The molecular weight excluding hydrogens is 498 g/mol. The second kappa shape index (κ2) is 12.0. The second-order valence-electron chi connectivity index (χ2n) is 6.29. The van der Waals surface area contributed by atoms with E-state index in [4.69, 9.17) is 19.9 Å². The van der Waals surface area contributed by atoms with Gasteiger partial charge in [-0.15, -0.1) is 10.2 Å². The van der Waals surface area contributed by atoms with E-state index in [2.05, 4.69) is 36.7 Å². The van der Waals surface area contributed by atoms with E-state index in [-0.39, 0.29) is 12.3 Å². The molecule has 1 amide bonds. The van der Waals surface area contributed by atoms with E-state index < -0.39 is 0 Å². The Morgan fingerprint density at radius 3 is 2.62 bits per heavy atom. The van der Waals surface area contributed by atoms with Gasteiger partial charge in [0.15, 0.2) is 11.5 Å². The van der Waals surface area contributed by atoms with Crippen LogP contribution in [0.3, 0.4) is 0 Å². The largest absolute Gasteiger partial charge is 0.490 e. The van der Waals surface area contributed by atoms with Crippen molar-refractivity contribution in [2.24, 2.45) is 5.10 Å². The Morgan fingerprint density at radius 2 is 1.91 bits per heavy atom. The number of rotatable bonds is 11. The average Bonchev–Trinajstić information content (AvgIpc) is 3.18. The molecule has 0 bridgehead atoms. The molecule has 0 aliphatic carbocycles. The molecule has 0 aliphatic rings. The number of hydrazone groups is 1. The number of anilines is 1. The summed E-state index contributed by atoms with van der Waals surface area (Å²) in [5.74, 6) is 1.63. The molecule has 0 atom stereocenters. The Balaban J connectivity index is 1.50. The van der Waals surface area contributed by atoms with E-state index in [1.54, 1.807) is 12.1 Å². The van der Waals surface area contributed by atoms with E-state index in [0.717, 1.165) is 27.1 Å². The van der Waals surface area contributed by atoms with Crippen LogP contribution in [0.5, 0.6) is 17.2 Å². The van der Waals surface area contributed by atoms with Gasteiger partial charge in [0.05, 0.1) is 19.2 Å². The highest BCUT2D eigenvalue weighted by molar-refractivity contribution is 9.10. The Labute approximate surface area is 197 Å². The zero-order valence-corrected chi connectivity index (χ0v) is 19.7. The lowest BCUT2D eigenvalue weighted by atomic mass is 10.2. The predicted molar refractivity (Wildman–Crippen MR) is 127 cm³/mol. The SMILES string of the molecule is CCOc1cc(C=NNC(=O)Cc2nnc(N)s2)ccc1OCCOc1ccc(Br)cc1. The Kier molecular flexibility index (Phi) is 8.81. The quantitative estimate of drug-likeness (QED) is 0.226. The van der Waals surface area contributed by atoms with Crippen LogP contribution in [0, 0.1) is 0 Å². The molecule has 3 N–H and O–H groups in total. The van der Waals surface area contributed by atoms with E-state index in [0.29, 0.717) is 41.5 Å². The number of nitrogen functional groups attached to an aromatic ring is 1. The first-order valence-corrected chi connectivity index (χ1v) is 11.3. The fourth-order valence-corrected chi connectivity index (χ4v) is 3.40. The molecule has 9 nitrogen and oxygen atoms in total. The third kappa shape index (κ3) is 7.50. The summed E-state index contributed by atoms with van der Waals surface area (Å²) in [6.45, 7) is 3.12. The van der Waals surface area contributed by atoms with Gasteiger partial charge in [-0.3, -0.25) is 4.79 Å². The lowest BCUT2D eigenvalue weighted by Gasteiger charge is -2.13. The van der Waals surface area contributed by atoms with Crippen molar-refractivity contribution in [3.05, 3.63) is 57.5 Å². The number of ether oxygens (including phenoxy) is 3. The van der Waals surface area contributed by atoms with Crippen LogP contribution < -0.4 is 25.4 Å². The number of benzene rings is 2. The van der Waals surface area contributed by atoms with Gasteiger partial charge in [-0.1, -0.05) is 27.3 Å². The number of nitrogens with two attached hydrogens (primary N) is 1. The number of carbonyl (C=O) groups is 1. The fourth-order valence-electron chi connectivity index (χ4n) is 2.53. The maximum atomic E-state index is 11.9. The first-order valence-electron chi connectivity index (χ1n) is 9.71. The van der Waals surface area contributed by atoms with Crippen LogP contribution in [0.2, 0.25) is 0 Å². The van der Waals surface area contributed by atoms with Crippen molar-refractivity contribution in [2.45, 2.75) is 13.3 Å². The molecule has 0 unspecified atom stereocenters. The Bertz CT molecular complexity index is 1060. The molecule has 0 radical (unpaired) electrons. The van der Waals surface area contributed by atoms with Gasteiger partial charge in [0.2, 0.25) is 11.0 Å². The van der Waals surface area contributed by atoms with E-state index >= 15 is 0 Å². The minimum absolute atomic E-state index is 0.0610. The number of hydrogen-bond acceptors (Lipinski definition) is 9. The number of halogens is 1. The number of hydrogen-bond donors (Lipinski definition) is 2. The number of nitrogens with zero attached hydrogens (tertiary/aromatic N) is 3. The van der Waals surface area contributed by atoms with Crippen molar-refractivity contribution in [2.75, 3.05) is 25.6 Å². The predicted octanol–water partition coefficient (Wildman–Crippen LogP) is 3.43. The van der Waals surface area contributed by atoms with Crippen LogP contribution in [-0.4, -0.2) is 42.1 Å². The summed E-state index contributed by atoms with van der Waals surface area (Å²) in [6.07, 6.45) is 1.58. The summed E-state index contributed by atoms with van der Waals surface area (Å²) >= 11 is 4.55. The van der Waals surface area contributed by atoms with Gasteiger partial charge in [0, 0.05) is 4.47 Å². The van der Waals surface area contributed by atoms with Crippen LogP contribution >= 0.6 is 27.3 Å². The van der Waals surface area contributed by atoms with Crippen LogP contribution in [-0.2, 0) is 11.2 Å². The first kappa shape index (κ1) is 23.5. The number of nitrogens with one attached hydrogen (secondary N) is 1. The van der Waals surface area contributed by atoms with Gasteiger partial charge in [-0.25, -0.2) is 5.43 Å². The topological polar surface area (TPSA) is 121 Å². The zero-order valence-electron chi connectivity index (χ0n) is 17.3. The van der Waals surface area contributed by atoms with Crippen LogP contribution in [0.4, 0.5) is 5.13 Å². The number of carbonyl (C=O) groups excluding carboxylic acids is 1. The molecule has 11 heteroatoms. The van der Waals surface area contributed by atoms with E-state index in [1.165, 1.54) is 6.21 Å². The third-order valence-electron chi connectivity index (χ3n) is 3.89. The summed E-state index contributed by atoms with van der Waals surface area (Å²) in [5, 5.41) is 12.3. The fraction of sp³-hybridized carbons (Fsp3) is 0.238. The molecule has 0 spiro atoms. The minimum atomic E-state index is -0.312. The average molecular weight is 520 g/mol. The molecule has 32 heavy (non-hydrogen) atoms. The summed E-state index contributed by atoms with van der Waals surface area (Å²) in [6, 6.07) is 13.0. The molecule has 1 heterocycles. The monoisotopic (exact) mass is 519 g/mol. The number of amides is 1. The van der Waals surface area contributed by atoms with Gasteiger partial charge >= 0.3 is 0 Å². The molecule has 168 valence electrons. The standard InChI is InChI=1S/C21H22BrN5O4S/c1-2-29-18-11-14(13-24-25-19(28)12-20-26-27-21(23)32-20)3-8-17(18)31-10-9-30-16-6-4-15(22)5-7-16/h3-8,11,13H,2,9-10,12H2,1H3,(H2,23,27)(H,25,28). The van der Waals surface area contributed by atoms with Crippen LogP contribution in [0.25, 0.3) is 0 Å². The van der Waals surface area contributed by atoms with Crippen molar-refractivity contribution < 1.29 is 19.0 Å². The lowest BCUT2D eigenvalue weighted by molar-refractivity contribution is -0.120. The molecule has 3 aromatic rings. The minimum Gasteiger partial charge on any atom is -0.490 e. The third-order valence-corrected chi connectivity index (χ3v) is 5.17. The van der Waals surface area contributed by atoms with Crippen LogP contribution in [0.1, 0.15) is 17.5 Å². The van der Waals surface area contributed by atoms with Gasteiger partial charge in [-0.2, -0.15) is 5.10 Å². The second-order valence-corrected chi connectivity index (χ2v) is 8.30. The van der Waals surface area contributed by atoms with E-state index in [1.807, 2.05) is 37.3 Å². The lowest BCUT2D eigenvalue weighted by Crippen LogP contribution is -2.19. The Morgan fingerprint density at radius 1 is 1.12 bits per heavy atom. The van der Waals surface area contributed by atoms with Crippen molar-refractivity contribution in [1.29, 1.82) is 0 Å². The van der Waals surface area contributed by atoms with Gasteiger partial charge in [0.1, 0.15) is 24.0 Å².